The molecular weight excluding hydrogens is 322 g/mol. The van der Waals surface area contributed by atoms with Crippen LogP contribution in [0.5, 0.6) is 5.75 Å². The lowest BCUT2D eigenvalue weighted by molar-refractivity contribution is 0.0997. The van der Waals surface area contributed by atoms with E-state index in [-0.39, 0.29) is 22.4 Å². The molecule has 0 saturated carbocycles. The number of amides is 1. The van der Waals surface area contributed by atoms with Crippen molar-refractivity contribution in [3.05, 3.63) is 70.6 Å². The number of nitrogens with one attached hydrogen (secondary N) is 1. The number of furan rings is 1. The van der Waals surface area contributed by atoms with Gasteiger partial charge in [0, 0.05) is 17.8 Å². The fourth-order valence-corrected chi connectivity index (χ4v) is 2.60. The number of hydrogen-bond donors (Lipinski definition) is 1. The maximum absolute atomic E-state index is 12.5. The SMILES string of the molecule is COc1cccc(NC(=O)c2cc3c(=O)c4ccccc4oc3o2)c1. The van der Waals surface area contributed by atoms with E-state index in [9.17, 15) is 9.59 Å². The van der Waals surface area contributed by atoms with Gasteiger partial charge >= 0.3 is 5.78 Å². The number of carbonyl (C=O) groups is 1. The number of fused-ring (bicyclic) bond motifs is 2. The molecule has 6 nitrogen and oxygen atoms in total. The fourth-order valence-electron chi connectivity index (χ4n) is 2.60. The molecule has 4 aromatic rings. The van der Waals surface area contributed by atoms with Gasteiger partial charge in [0.05, 0.1) is 12.5 Å². The first-order valence-corrected chi connectivity index (χ1v) is 7.56. The summed E-state index contributed by atoms with van der Waals surface area (Å²) < 4.78 is 16.1. The van der Waals surface area contributed by atoms with E-state index in [1.54, 1.807) is 55.6 Å². The van der Waals surface area contributed by atoms with Gasteiger partial charge in [-0.3, -0.25) is 9.59 Å². The summed E-state index contributed by atoms with van der Waals surface area (Å²) in [5, 5.41) is 3.37. The van der Waals surface area contributed by atoms with E-state index in [0.717, 1.165) is 0 Å². The molecule has 4 rings (SSSR count). The molecule has 0 saturated heterocycles. The van der Waals surface area contributed by atoms with Gasteiger partial charge in [-0.2, -0.15) is 0 Å². The summed E-state index contributed by atoms with van der Waals surface area (Å²) in [7, 11) is 1.54. The molecule has 0 spiro atoms. The van der Waals surface area contributed by atoms with Gasteiger partial charge < -0.3 is 18.9 Å². The van der Waals surface area contributed by atoms with E-state index in [1.807, 2.05) is 0 Å². The molecule has 0 radical (unpaired) electrons. The van der Waals surface area contributed by atoms with Crippen molar-refractivity contribution in [2.45, 2.75) is 0 Å². The molecule has 6 heteroatoms. The monoisotopic (exact) mass is 335 g/mol. The molecule has 0 atom stereocenters. The second-order valence-electron chi connectivity index (χ2n) is 5.43. The Hall–Kier alpha value is -3.54. The molecule has 2 aromatic heterocycles. The lowest BCUT2D eigenvalue weighted by Crippen LogP contribution is -2.10. The van der Waals surface area contributed by atoms with Gasteiger partial charge in [0.2, 0.25) is 5.43 Å². The minimum Gasteiger partial charge on any atom is -0.497 e. The highest BCUT2D eigenvalue weighted by Crippen LogP contribution is 2.23. The molecule has 0 fully saturated rings. The zero-order valence-corrected chi connectivity index (χ0v) is 13.2. The Morgan fingerprint density at radius 3 is 2.68 bits per heavy atom. The number of rotatable bonds is 3. The standard InChI is InChI=1S/C19H13NO5/c1-23-12-6-4-5-11(9-12)20-18(22)16-10-14-17(21)13-7-2-3-8-15(13)24-19(14)25-16/h2-10H,1H3,(H,20,22). The third kappa shape index (κ3) is 2.63. The molecule has 25 heavy (non-hydrogen) atoms. The zero-order chi connectivity index (χ0) is 17.4. The quantitative estimate of drug-likeness (QED) is 0.616. The van der Waals surface area contributed by atoms with E-state index in [4.69, 9.17) is 13.6 Å². The van der Waals surface area contributed by atoms with Gasteiger partial charge in [0.25, 0.3) is 5.91 Å². The Morgan fingerprint density at radius 2 is 1.84 bits per heavy atom. The van der Waals surface area contributed by atoms with E-state index >= 15 is 0 Å². The Balaban J connectivity index is 1.73. The third-order valence-corrected chi connectivity index (χ3v) is 3.83. The smallest absolute Gasteiger partial charge is 0.302 e. The molecule has 2 aromatic carbocycles. The van der Waals surface area contributed by atoms with Crippen LogP contribution >= 0.6 is 0 Å². The molecule has 0 bridgehead atoms. The minimum absolute atomic E-state index is 0.00558. The summed E-state index contributed by atoms with van der Waals surface area (Å²) in [6.07, 6.45) is 0. The number of methoxy groups -OCH3 is 1. The van der Waals surface area contributed by atoms with Gasteiger partial charge in [-0.05, 0) is 24.3 Å². The summed E-state index contributed by atoms with van der Waals surface area (Å²) in [5.74, 6) is 0.155. The van der Waals surface area contributed by atoms with Crippen LogP contribution in [0.2, 0.25) is 0 Å². The summed E-state index contributed by atoms with van der Waals surface area (Å²) in [6.45, 7) is 0. The van der Waals surface area contributed by atoms with Crippen LogP contribution in [0.4, 0.5) is 5.69 Å². The van der Waals surface area contributed by atoms with Crippen molar-refractivity contribution >= 4 is 33.7 Å². The Morgan fingerprint density at radius 1 is 1.00 bits per heavy atom. The fraction of sp³-hybridized carbons (Fsp3) is 0.0526. The lowest BCUT2D eigenvalue weighted by atomic mass is 10.2. The van der Waals surface area contributed by atoms with Gasteiger partial charge in [0.1, 0.15) is 16.7 Å². The molecule has 1 amide bonds. The van der Waals surface area contributed by atoms with Crippen LogP contribution in [0.1, 0.15) is 10.6 Å². The van der Waals surface area contributed by atoms with Crippen molar-refractivity contribution in [1.29, 1.82) is 0 Å². The number of ether oxygens (including phenoxy) is 1. The highest BCUT2D eigenvalue weighted by atomic mass is 16.5. The van der Waals surface area contributed by atoms with Gasteiger partial charge in [0.15, 0.2) is 5.76 Å². The first-order valence-electron chi connectivity index (χ1n) is 7.56. The van der Waals surface area contributed by atoms with Crippen LogP contribution in [0.15, 0.2) is 68.2 Å². The molecule has 1 N–H and O–H groups in total. The molecule has 0 aliphatic carbocycles. The van der Waals surface area contributed by atoms with Crippen LogP contribution in [0.25, 0.3) is 22.1 Å². The van der Waals surface area contributed by atoms with Gasteiger partial charge in [-0.1, -0.05) is 18.2 Å². The van der Waals surface area contributed by atoms with Crippen LogP contribution in [-0.4, -0.2) is 13.0 Å². The first-order chi connectivity index (χ1) is 12.2. The topological polar surface area (TPSA) is 81.7 Å². The second-order valence-corrected chi connectivity index (χ2v) is 5.43. The number of anilines is 1. The minimum atomic E-state index is -0.483. The van der Waals surface area contributed by atoms with Crippen LogP contribution < -0.4 is 15.5 Å². The van der Waals surface area contributed by atoms with Crippen LogP contribution in [-0.2, 0) is 0 Å². The average Bonchev–Trinajstić information content (AvgIpc) is 3.07. The van der Waals surface area contributed by atoms with E-state index in [2.05, 4.69) is 5.32 Å². The number of benzene rings is 2. The normalized spacial score (nSPS) is 10.9. The molecule has 124 valence electrons. The Kier molecular flexibility index (Phi) is 3.50. The molecular formula is C19H13NO5. The highest BCUT2D eigenvalue weighted by molar-refractivity contribution is 6.04. The van der Waals surface area contributed by atoms with Gasteiger partial charge in [-0.15, -0.1) is 0 Å². The Bertz CT molecular complexity index is 1160. The van der Waals surface area contributed by atoms with Crippen molar-refractivity contribution in [3.8, 4) is 5.75 Å². The number of hydrogen-bond acceptors (Lipinski definition) is 5. The maximum atomic E-state index is 12.5. The summed E-state index contributed by atoms with van der Waals surface area (Å²) in [4.78, 5) is 24.9. The molecule has 0 aliphatic rings. The van der Waals surface area contributed by atoms with E-state index in [0.29, 0.717) is 22.4 Å². The largest absolute Gasteiger partial charge is 0.497 e. The third-order valence-electron chi connectivity index (χ3n) is 3.83. The lowest BCUT2D eigenvalue weighted by Gasteiger charge is -2.05. The zero-order valence-electron chi connectivity index (χ0n) is 13.2. The van der Waals surface area contributed by atoms with Crippen molar-refractivity contribution in [3.63, 3.8) is 0 Å². The van der Waals surface area contributed by atoms with Crippen molar-refractivity contribution in [2.24, 2.45) is 0 Å². The van der Waals surface area contributed by atoms with E-state index in [1.165, 1.54) is 6.07 Å². The summed E-state index contributed by atoms with van der Waals surface area (Å²) in [5.41, 5.74) is 0.726. The highest BCUT2D eigenvalue weighted by Gasteiger charge is 2.17. The number of para-hydroxylation sites is 1. The van der Waals surface area contributed by atoms with Crippen LogP contribution in [0, 0.1) is 0 Å². The van der Waals surface area contributed by atoms with Crippen molar-refractivity contribution in [1.82, 2.24) is 0 Å². The summed E-state index contributed by atoms with van der Waals surface area (Å²) >= 11 is 0. The second kappa shape index (κ2) is 5.83. The summed E-state index contributed by atoms with van der Waals surface area (Å²) in [6, 6.07) is 15.2. The predicted octanol–water partition coefficient (Wildman–Crippen LogP) is 3.80. The maximum Gasteiger partial charge on any atom is 0.302 e. The predicted molar refractivity (Wildman–Crippen MR) is 93.2 cm³/mol. The van der Waals surface area contributed by atoms with Crippen molar-refractivity contribution < 1.29 is 18.4 Å². The first kappa shape index (κ1) is 15.0. The molecule has 0 aliphatic heterocycles. The van der Waals surface area contributed by atoms with E-state index < -0.39 is 5.91 Å². The van der Waals surface area contributed by atoms with Gasteiger partial charge in [-0.25, -0.2) is 0 Å². The Labute approximate surface area is 141 Å². The van der Waals surface area contributed by atoms with Crippen molar-refractivity contribution in [2.75, 3.05) is 12.4 Å². The average molecular weight is 335 g/mol. The number of carbonyl (C=O) groups excluding carboxylic acids is 1. The van der Waals surface area contributed by atoms with Crippen LogP contribution in [0.3, 0.4) is 0 Å². The molecule has 0 unspecified atom stereocenters. The molecule has 2 heterocycles.